The first-order valence-corrected chi connectivity index (χ1v) is 9.68. The summed E-state index contributed by atoms with van der Waals surface area (Å²) in [6, 6.07) is 16.5. The van der Waals surface area contributed by atoms with Crippen LogP contribution in [0, 0.1) is 0 Å². The Morgan fingerprint density at radius 2 is 1.18 bits per heavy atom. The summed E-state index contributed by atoms with van der Waals surface area (Å²) in [4.78, 5) is 4.65. The Bertz CT molecular complexity index is 663. The maximum atomic E-state index is 9.75. The summed E-state index contributed by atoms with van der Waals surface area (Å²) in [5.74, 6) is 1.65. The topological polar surface area (TPSA) is 65.4 Å². The van der Waals surface area contributed by atoms with E-state index in [0.717, 1.165) is 24.6 Å². The van der Waals surface area contributed by atoms with Gasteiger partial charge in [0.05, 0.1) is 27.4 Å². The Kier molecular flexibility index (Phi) is 7.28. The molecule has 0 saturated carbocycles. The highest BCUT2D eigenvalue weighted by Crippen LogP contribution is 2.37. The highest BCUT2D eigenvalue weighted by molar-refractivity contribution is 5.33. The molecule has 6 heteroatoms. The summed E-state index contributed by atoms with van der Waals surface area (Å²) in [6.07, 6.45) is 0. The largest absolute Gasteiger partial charge is 0.497 e. The fourth-order valence-electron chi connectivity index (χ4n) is 3.99. The number of β-amino-alcohol motifs (C(OH)–C–C–N with tert-alkyl or cyclic N) is 2. The number of aliphatic hydroxyl groups is 2. The van der Waals surface area contributed by atoms with Crippen LogP contribution in [0.15, 0.2) is 48.5 Å². The number of hydrogen-bond donors (Lipinski definition) is 2. The van der Waals surface area contributed by atoms with Gasteiger partial charge in [-0.3, -0.25) is 9.80 Å². The zero-order valence-corrected chi connectivity index (χ0v) is 16.6. The number of aliphatic hydroxyl groups excluding tert-OH is 2. The number of piperazine rings is 1. The Morgan fingerprint density at radius 1 is 0.750 bits per heavy atom. The van der Waals surface area contributed by atoms with Crippen molar-refractivity contribution in [2.45, 2.75) is 12.1 Å². The predicted molar refractivity (Wildman–Crippen MR) is 109 cm³/mol. The summed E-state index contributed by atoms with van der Waals surface area (Å²) in [5, 5.41) is 19.3. The van der Waals surface area contributed by atoms with E-state index in [1.807, 2.05) is 24.3 Å². The Balaban J connectivity index is 1.94. The monoisotopic (exact) mass is 386 g/mol. The van der Waals surface area contributed by atoms with Crippen molar-refractivity contribution >= 4 is 0 Å². The van der Waals surface area contributed by atoms with E-state index in [4.69, 9.17) is 9.47 Å². The average molecular weight is 386 g/mol. The van der Waals surface area contributed by atoms with Gasteiger partial charge in [-0.15, -0.1) is 0 Å². The molecule has 2 N–H and O–H groups in total. The maximum Gasteiger partial charge on any atom is 0.118 e. The molecule has 1 aliphatic rings. The van der Waals surface area contributed by atoms with Crippen LogP contribution < -0.4 is 9.47 Å². The second-order valence-electron chi connectivity index (χ2n) is 7.02. The van der Waals surface area contributed by atoms with Gasteiger partial charge in [0, 0.05) is 38.3 Å². The first-order chi connectivity index (χ1) is 13.7. The third-order valence-electron chi connectivity index (χ3n) is 5.44. The number of hydrogen-bond acceptors (Lipinski definition) is 6. The van der Waals surface area contributed by atoms with Crippen LogP contribution in [0.4, 0.5) is 0 Å². The summed E-state index contributed by atoms with van der Waals surface area (Å²) < 4.78 is 10.6. The minimum Gasteiger partial charge on any atom is -0.497 e. The lowest BCUT2D eigenvalue weighted by Gasteiger charge is -2.47. The molecule has 152 valence electrons. The molecule has 0 unspecified atom stereocenters. The van der Waals surface area contributed by atoms with Gasteiger partial charge >= 0.3 is 0 Å². The van der Waals surface area contributed by atoms with Crippen molar-refractivity contribution in [1.82, 2.24) is 9.80 Å². The summed E-state index contributed by atoms with van der Waals surface area (Å²) in [7, 11) is 3.33. The minimum absolute atomic E-state index is 0.0965. The first-order valence-electron chi connectivity index (χ1n) is 9.68. The SMILES string of the molecule is COc1ccc([C@@H]2CN(CCO)C[C@@H](c3ccc(OC)cc3)N2CCO)cc1. The molecular weight excluding hydrogens is 356 g/mol. The quantitative estimate of drug-likeness (QED) is 0.724. The molecule has 1 aliphatic heterocycles. The van der Waals surface area contributed by atoms with Gasteiger partial charge in [-0.1, -0.05) is 24.3 Å². The van der Waals surface area contributed by atoms with Crippen molar-refractivity contribution in [3.8, 4) is 11.5 Å². The van der Waals surface area contributed by atoms with Crippen LogP contribution in [-0.2, 0) is 0 Å². The van der Waals surface area contributed by atoms with Gasteiger partial charge in [-0.25, -0.2) is 0 Å². The van der Waals surface area contributed by atoms with E-state index < -0.39 is 0 Å². The van der Waals surface area contributed by atoms with Crippen molar-refractivity contribution in [3.63, 3.8) is 0 Å². The average Bonchev–Trinajstić information content (AvgIpc) is 2.75. The highest BCUT2D eigenvalue weighted by atomic mass is 16.5. The van der Waals surface area contributed by atoms with E-state index in [2.05, 4.69) is 34.1 Å². The number of nitrogens with zero attached hydrogens (tertiary/aromatic N) is 2. The molecule has 1 fully saturated rings. The molecule has 0 bridgehead atoms. The predicted octanol–water partition coefficient (Wildman–Crippen LogP) is 2.09. The molecule has 1 saturated heterocycles. The number of benzene rings is 2. The normalized spacial score (nSPS) is 20.9. The van der Waals surface area contributed by atoms with Crippen molar-refractivity contribution in [2.24, 2.45) is 0 Å². The van der Waals surface area contributed by atoms with E-state index in [-0.39, 0.29) is 25.3 Å². The van der Waals surface area contributed by atoms with E-state index in [0.29, 0.717) is 13.1 Å². The molecule has 0 radical (unpaired) electrons. The van der Waals surface area contributed by atoms with Crippen LogP contribution in [-0.4, -0.2) is 73.6 Å². The van der Waals surface area contributed by atoms with Crippen molar-refractivity contribution < 1.29 is 19.7 Å². The van der Waals surface area contributed by atoms with Crippen LogP contribution >= 0.6 is 0 Å². The molecule has 0 aromatic heterocycles. The van der Waals surface area contributed by atoms with E-state index in [9.17, 15) is 10.2 Å². The van der Waals surface area contributed by atoms with Crippen LogP contribution in [0.25, 0.3) is 0 Å². The molecule has 3 rings (SSSR count). The van der Waals surface area contributed by atoms with Crippen LogP contribution in [0.2, 0.25) is 0 Å². The zero-order valence-electron chi connectivity index (χ0n) is 16.6. The van der Waals surface area contributed by atoms with Gasteiger partial charge < -0.3 is 19.7 Å². The lowest BCUT2D eigenvalue weighted by atomic mass is 9.94. The molecule has 0 amide bonds. The van der Waals surface area contributed by atoms with Gasteiger partial charge in [0.2, 0.25) is 0 Å². The third-order valence-corrected chi connectivity index (χ3v) is 5.44. The zero-order chi connectivity index (χ0) is 19.9. The highest BCUT2D eigenvalue weighted by Gasteiger charge is 2.35. The lowest BCUT2D eigenvalue weighted by molar-refractivity contribution is 0.00435. The molecule has 2 aromatic carbocycles. The van der Waals surface area contributed by atoms with Crippen LogP contribution in [0.3, 0.4) is 0 Å². The van der Waals surface area contributed by atoms with Crippen molar-refractivity contribution in [1.29, 1.82) is 0 Å². The molecule has 6 nitrogen and oxygen atoms in total. The number of ether oxygens (including phenoxy) is 2. The molecule has 0 spiro atoms. The summed E-state index contributed by atoms with van der Waals surface area (Å²) in [6.45, 7) is 3.05. The standard InChI is InChI=1S/C22H30N2O4/c1-27-19-7-3-17(4-8-19)21-15-23(11-13-25)16-22(24(21)12-14-26)18-5-9-20(28-2)10-6-18/h3-10,21-22,25-26H,11-16H2,1-2H3/t21-,22-/m0/s1. The maximum absolute atomic E-state index is 9.75. The number of rotatable bonds is 8. The summed E-state index contributed by atoms with van der Waals surface area (Å²) >= 11 is 0. The van der Waals surface area contributed by atoms with E-state index >= 15 is 0 Å². The van der Waals surface area contributed by atoms with Gasteiger partial charge in [0.1, 0.15) is 11.5 Å². The molecule has 1 heterocycles. The second kappa shape index (κ2) is 9.89. The smallest absolute Gasteiger partial charge is 0.118 e. The van der Waals surface area contributed by atoms with Gasteiger partial charge in [-0.05, 0) is 35.4 Å². The molecule has 0 aliphatic carbocycles. The molecule has 28 heavy (non-hydrogen) atoms. The fourth-order valence-corrected chi connectivity index (χ4v) is 3.99. The minimum atomic E-state index is 0.0965. The van der Waals surface area contributed by atoms with Crippen molar-refractivity contribution in [3.05, 3.63) is 59.7 Å². The van der Waals surface area contributed by atoms with Gasteiger partial charge in [0.25, 0.3) is 0 Å². The van der Waals surface area contributed by atoms with Crippen LogP contribution in [0.5, 0.6) is 11.5 Å². The van der Waals surface area contributed by atoms with Crippen LogP contribution in [0.1, 0.15) is 23.2 Å². The van der Waals surface area contributed by atoms with E-state index in [1.54, 1.807) is 14.2 Å². The Hall–Kier alpha value is -2.12. The summed E-state index contributed by atoms with van der Waals surface area (Å²) in [5.41, 5.74) is 2.35. The third kappa shape index (κ3) is 4.64. The van der Waals surface area contributed by atoms with E-state index in [1.165, 1.54) is 11.1 Å². The Morgan fingerprint density at radius 3 is 1.54 bits per heavy atom. The lowest BCUT2D eigenvalue weighted by Crippen LogP contribution is -2.51. The number of methoxy groups -OCH3 is 2. The Labute approximate surface area is 166 Å². The van der Waals surface area contributed by atoms with Gasteiger partial charge in [0.15, 0.2) is 0 Å². The van der Waals surface area contributed by atoms with Gasteiger partial charge in [-0.2, -0.15) is 0 Å². The second-order valence-corrected chi connectivity index (χ2v) is 7.02. The first kappa shape index (κ1) is 20.6. The molecule has 2 atom stereocenters. The van der Waals surface area contributed by atoms with Crippen molar-refractivity contribution in [2.75, 3.05) is 53.6 Å². The fraction of sp³-hybridized carbons (Fsp3) is 0.455. The molecular formula is C22H30N2O4. The molecule has 2 aromatic rings.